The second-order valence-corrected chi connectivity index (χ2v) is 5.80. The number of hydrogen-bond donors (Lipinski definition) is 1. The summed E-state index contributed by atoms with van der Waals surface area (Å²) in [4.78, 5) is 7.00. The minimum atomic E-state index is 0.764. The standard InChI is InChI=1S/C15H21BrN4/c1-3-9-20(10-4-2)11-14-17-15(19-18-14)12-5-7-13(16)8-6-12/h5-8H,3-4,9-11H2,1-2H3,(H,17,18,19). The fourth-order valence-electron chi connectivity index (χ4n) is 2.21. The zero-order chi connectivity index (χ0) is 14.4. The van der Waals surface area contributed by atoms with Crippen molar-refractivity contribution in [1.29, 1.82) is 0 Å². The zero-order valence-electron chi connectivity index (χ0n) is 12.1. The van der Waals surface area contributed by atoms with Crippen LogP contribution in [0.1, 0.15) is 32.5 Å². The van der Waals surface area contributed by atoms with Crippen molar-refractivity contribution in [2.45, 2.75) is 33.2 Å². The first kappa shape index (κ1) is 15.2. The van der Waals surface area contributed by atoms with Crippen LogP contribution in [-0.4, -0.2) is 33.2 Å². The molecule has 0 atom stereocenters. The van der Waals surface area contributed by atoms with Crippen LogP contribution in [0.5, 0.6) is 0 Å². The Morgan fingerprint density at radius 2 is 1.75 bits per heavy atom. The summed E-state index contributed by atoms with van der Waals surface area (Å²) < 4.78 is 1.06. The lowest BCUT2D eigenvalue weighted by molar-refractivity contribution is 0.260. The van der Waals surface area contributed by atoms with Crippen LogP contribution in [0.2, 0.25) is 0 Å². The number of aromatic nitrogens is 3. The molecule has 4 nitrogen and oxygen atoms in total. The van der Waals surface area contributed by atoms with Gasteiger partial charge in [0.2, 0.25) is 0 Å². The van der Waals surface area contributed by atoms with Crippen LogP contribution < -0.4 is 0 Å². The topological polar surface area (TPSA) is 44.8 Å². The highest BCUT2D eigenvalue weighted by atomic mass is 79.9. The lowest BCUT2D eigenvalue weighted by Crippen LogP contribution is -2.25. The number of H-pyrrole nitrogens is 1. The van der Waals surface area contributed by atoms with E-state index in [0.717, 1.165) is 54.2 Å². The number of halogens is 1. The fraction of sp³-hybridized carbons (Fsp3) is 0.467. The van der Waals surface area contributed by atoms with Crippen molar-refractivity contribution < 1.29 is 0 Å². The Kier molecular flexibility index (Phi) is 5.73. The van der Waals surface area contributed by atoms with Crippen LogP contribution in [-0.2, 0) is 6.54 Å². The van der Waals surface area contributed by atoms with E-state index < -0.39 is 0 Å². The van der Waals surface area contributed by atoms with Gasteiger partial charge in [0.25, 0.3) is 0 Å². The van der Waals surface area contributed by atoms with Gasteiger partial charge in [0.15, 0.2) is 5.82 Å². The van der Waals surface area contributed by atoms with Crippen LogP contribution in [0.25, 0.3) is 11.4 Å². The van der Waals surface area contributed by atoms with Gasteiger partial charge in [0.1, 0.15) is 5.82 Å². The molecule has 2 rings (SSSR count). The van der Waals surface area contributed by atoms with Crippen LogP contribution in [0, 0.1) is 0 Å². The van der Waals surface area contributed by atoms with Gasteiger partial charge >= 0.3 is 0 Å². The first-order chi connectivity index (χ1) is 9.72. The van der Waals surface area contributed by atoms with Gasteiger partial charge in [-0.25, -0.2) is 4.98 Å². The van der Waals surface area contributed by atoms with Gasteiger partial charge < -0.3 is 0 Å². The molecule has 108 valence electrons. The van der Waals surface area contributed by atoms with E-state index in [1.165, 1.54) is 0 Å². The van der Waals surface area contributed by atoms with Crippen LogP contribution >= 0.6 is 15.9 Å². The number of benzene rings is 1. The first-order valence-corrected chi connectivity index (χ1v) is 7.91. The number of hydrogen-bond acceptors (Lipinski definition) is 3. The molecule has 0 aliphatic heterocycles. The molecule has 0 aliphatic carbocycles. The molecule has 0 bridgehead atoms. The average molecular weight is 337 g/mol. The monoisotopic (exact) mass is 336 g/mol. The molecule has 0 amide bonds. The highest BCUT2D eigenvalue weighted by Crippen LogP contribution is 2.18. The van der Waals surface area contributed by atoms with Crippen molar-refractivity contribution in [3.05, 3.63) is 34.6 Å². The Morgan fingerprint density at radius 3 is 2.35 bits per heavy atom. The van der Waals surface area contributed by atoms with Gasteiger partial charge in [0, 0.05) is 10.0 Å². The van der Waals surface area contributed by atoms with E-state index in [2.05, 4.69) is 49.9 Å². The Labute approximate surface area is 128 Å². The summed E-state index contributed by atoms with van der Waals surface area (Å²) in [6, 6.07) is 8.05. The van der Waals surface area contributed by atoms with Crippen molar-refractivity contribution in [3.63, 3.8) is 0 Å². The van der Waals surface area contributed by atoms with Gasteiger partial charge in [-0.05, 0) is 38.1 Å². The molecule has 1 heterocycles. The molecule has 0 saturated heterocycles. The summed E-state index contributed by atoms with van der Waals surface area (Å²) in [5.41, 5.74) is 1.04. The Bertz CT molecular complexity index is 515. The molecule has 20 heavy (non-hydrogen) atoms. The van der Waals surface area contributed by atoms with E-state index in [9.17, 15) is 0 Å². The molecule has 0 saturated carbocycles. The fourth-order valence-corrected chi connectivity index (χ4v) is 2.47. The average Bonchev–Trinajstić information content (AvgIpc) is 2.89. The van der Waals surface area contributed by atoms with Crippen molar-refractivity contribution in [2.75, 3.05) is 13.1 Å². The summed E-state index contributed by atoms with van der Waals surface area (Å²) >= 11 is 3.44. The lowest BCUT2D eigenvalue weighted by Gasteiger charge is -2.18. The van der Waals surface area contributed by atoms with Crippen molar-refractivity contribution in [3.8, 4) is 11.4 Å². The predicted molar refractivity (Wildman–Crippen MR) is 85.4 cm³/mol. The normalized spacial score (nSPS) is 11.2. The third kappa shape index (κ3) is 4.15. The van der Waals surface area contributed by atoms with Crippen LogP contribution in [0.15, 0.2) is 28.7 Å². The zero-order valence-corrected chi connectivity index (χ0v) is 13.7. The maximum absolute atomic E-state index is 4.59. The second kappa shape index (κ2) is 7.55. The maximum Gasteiger partial charge on any atom is 0.181 e. The molecule has 0 fully saturated rings. The highest BCUT2D eigenvalue weighted by molar-refractivity contribution is 9.10. The predicted octanol–water partition coefficient (Wildman–Crippen LogP) is 3.86. The number of aromatic amines is 1. The summed E-state index contributed by atoms with van der Waals surface area (Å²) in [6.45, 7) is 7.45. The van der Waals surface area contributed by atoms with Crippen LogP contribution in [0.3, 0.4) is 0 Å². The van der Waals surface area contributed by atoms with E-state index >= 15 is 0 Å². The minimum Gasteiger partial charge on any atom is -0.296 e. The maximum atomic E-state index is 4.59. The van der Waals surface area contributed by atoms with E-state index in [0.29, 0.717) is 0 Å². The van der Waals surface area contributed by atoms with E-state index in [-0.39, 0.29) is 0 Å². The molecule has 1 N–H and O–H groups in total. The lowest BCUT2D eigenvalue weighted by atomic mass is 10.2. The number of nitrogens with zero attached hydrogens (tertiary/aromatic N) is 3. The van der Waals surface area contributed by atoms with Crippen molar-refractivity contribution in [2.24, 2.45) is 0 Å². The molecular formula is C15H21BrN4. The third-order valence-electron chi connectivity index (χ3n) is 3.09. The summed E-state index contributed by atoms with van der Waals surface area (Å²) in [5, 5.41) is 7.36. The van der Waals surface area contributed by atoms with Crippen LogP contribution in [0.4, 0.5) is 0 Å². The molecule has 0 unspecified atom stereocenters. The molecule has 5 heteroatoms. The molecule has 0 aliphatic rings. The molecule has 0 radical (unpaired) electrons. The Balaban J connectivity index is 2.06. The third-order valence-corrected chi connectivity index (χ3v) is 3.62. The molecule has 2 aromatic rings. The largest absolute Gasteiger partial charge is 0.296 e. The summed E-state index contributed by atoms with van der Waals surface area (Å²) in [5.74, 6) is 1.70. The molecular weight excluding hydrogens is 316 g/mol. The minimum absolute atomic E-state index is 0.764. The van der Waals surface area contributed by atoms with E-state index in [1.807, 2.05) is 24.3 Å². The smallest absolute Gasteiger partial charge is 0.181 e. The molecule has 1 aromatic carbocycles. The van der Waals surface area contributed by atoms with Crippen molar-refractivity contribution >= 4 is 15.9 Å². The molecule has 0 spiro atoms. The Hall–Kier alpha value is -1.20. The quantitative estimate of drug-likeness (QED) is 0.834. The number of nitrogens with one attached hydrogen (secondary N) is 1. The van der Waals surface area contributed by atoms with E-state index in [1.54, 1.807) is 0 Å². The van der Waals surface area contributed by atoms with Gasteiger partial charge in [-0.15, -0.1) is 0 Å². The SMILES string of the molecule is CCCN(CCC)Cc1nc(-c2ccc(Br)cc2)n[nH]1. The number of rotatable bonds is 7. The summed E-state index contributed by atoms with van der Waals surface area (Å²) in [6.07, 6.45) is 2.32. The Morgan fingerprint density at radius 1 is 1.10 bits per heavy atom. The van der Waals surface area contributed by atoms with Gasteiger partial charge in [-0.2, -0.15) is 5.10 Å². The van der Waals surface area contributed by atoms with E-state index in [4.69, 9.17) is 0 Å². The van der Waals surface area contributed by atoms with Gasteiger partial charge in [-0.3, -0.25) is 10.00 Å². The van der Waals surface area contributed by atoms with Gasteiger partial charge in [-0.1, -0.05) is 41.9 Å². The second-order valence-electron chi connectivity index (χ2n) is 4.89. The van der Waals surface area contributed by atoms with Gasteiger partial charge in [0.05, 0.1) is 6.54 Å². The highest BCUT2D eigenvalue weighted by Gasteiger charge is 2.09. The summed E-state index contributed by atoms with van der Waals surface area (Å²) in [7, 11) is 0. The molecule has 1 aromatic heterocycles. The first-order valence-electron chi connectivity index (χ1n) is 7.12. The van der Waals surface area contributed by atoms with Crippen molar-refractivity contribution in [1.82, 2.24) is 20.1 Å².